The van der Waals surface area contributed by atoms with E-state index in [1.807, 2.05) is 6.20 Å². The molecule has 0 saturated carbocycles. The molecular formula is C11H20N4. The molecule has 0 aliphatic carbocycles. The number of anilines is 1. The third kappa shape index (κ3) is 2.50. The molecule has 1 aliphatic rings. The summed E-state index contributed by atoms with van der Waals surface area (Å²) in [6.45, 7) is 8.80. The Kier molecular flexibility index (Phi) is 3.26. The molecule has 4 heteroatoms. The van der Waals surface area contributed by atoms with Gasteiger partial charge in [0.05, 0.1) is 17.6 Å². The summed E-state index contributed by atoms with van der Waals surface area (Å²) >= 11 is 0. The highest BCUT2D eigenvalue weighted by molar-refractivity contribution is 5.49. The first-order chi connectivity index (χ1) is 7.27. The van der Waals surface area contributed by atoms with E-state index in [2.05, 4.69) is 34.3 Å². The van der Waals surface area contributed by atoms with Crippen LogP contribution in [0.5, 0.6) is 0 Å². The third-order valence-corrected chi connectivity index (χ3v) is 2.77. The average molecular weight is 208 g/mol. The van der Waals surface area contributed by atoms with Crippen LogP contribution in [0.4, 0.5) is 5.69 Å². The Morgan fingerprint density at radius 1 is 1.40 bits per heavy atom. The van der Waals surface area contributed by atoms with E-state index >= 15 is 0 Å². The van der Waals surface area contributed by atoms with Crippen molar-refractivity contribution in [1.29, 1.82) is 0 Å². The van der Waals surface area contributed by atoms with E-state index in [1.165, 1.54) is 11.4 Å². The Labute approximate surface area is 91.1 Å². The lowest BCUT2D eigenvalue weighted by Gasteiger charge is -2.29. The average Bonchev–Trinajstić information content (AvgIpc) is 2.66. The fraction of sp³-hybridized carbons (Fsp3) is 0.727. The zero-order valence-electron chi connectivity index (χ0n) is 9.58. The van der Waals surface area contributed by atoms with Gasteiger partial charge in [-0.2, -0.15) is 5.10 Å². The number of nitrogens with zero attached hydrogens (tertiary/aromatic N) is 2. The molecule has 2 heterocycles. The van der Waals surface area contributed by atoms with Gasteiger partial charge in [-0.05, 0) is 12.3 Å². The van der Waals surface area contributed by atoms with Crippen molar-refractivity contribution in [2.75, 3.05) is 31.1 Å². The summed E-state index contributed by atoms with van der Waals surface area (Å²) in [5, 5.41) is 10.7. The van der Waals surface area contributed by atoms with Gasteiger partial charge in [-0.3, -0.25) is 5.10 Å². The van der Waals surface area contributed by atoms with Crippen LogP contribution in [-0.4, -0.2) is 36.4 Å². The van der Waals surface area contributed by atoms with Crippen LogP contribution in [0.1, 0.15) is 19.5 Å². The first-order valence-electron chi connectivity index (χ1n) is 5.75. The summed E-state index contributed by atoms with van der Waals surface area (Å²) < 4.78 is 0. The lowest BCUT2D eigenvalue weighted by Crippen LogP contribution is -2.43. The number of aromatic amines is 1. The highest BCUT2D eigenvalue weighted by atomic mass is 15.2. The van der Waals surface area contributed by atoms with Gasteiger partial charge in [0.25, 0.3) is 0 Å². The lowest BCUT2D eigenvalue weighted by molar-refractivity contribution is 0.582. The molecule has 0 bridgehead atoms. The molecule has 1 aromatic heterocycles. The minimum absolute atomic E-state index is 0.673. The van der Waals surface area contributed by atoms with Crippen LogP contribution < -0.4 is 10.2 Å². The van der Waals surface area contributed by atoms with Crippen molar-refractivity contribution >= 4 is 5.69 Å². The zero-order valence-corrected chi connectivity index (χ0v) is 9.58. The van der Waals surface area contributed by atoms with Gasteiger partial charge < -0.3 is 10.2 Å². The normalized spacial score (nSPS) is 17.4. The molecule has 2 N–H and O–H groups in total. The molecule has 1 aliphatic heterocycles. The van der Waals surface area contributed by atoms with E-state index in [4.69, 9.17) is 0 Å². The number of piperazine rings is 1. The maximum absolute atomic E-state index is 4.16. The predicted octanol–water partition coefficient (Wildman–Crippen LogP) is 1.02. The molecule has 0 atom stereocenters. The second kappa shape index (κ2) is 4.66. The van der Waals surface area contributed by atoms with Crippen LogP contribution >= 0.6 is 0 Å². The molecular weight excluding hydrogens is 188 g/mol. The van der Waals surface area contributed by atoms with E-state index in [0.717, 1.165) is 32.6 Å². The Balaban J connectivity index is 2.09. The molecule has 2 rings (SSSR count). The van der Waals surface area contributed by atoms with E-state index in [0.29, 0.717) is 5.92 Å². The molecule has 84 valence electrons. The number of rotatable bonds is 3. The Hall–Kier alpha value is -1.03. The van der Waals surface area contributed by atoms with Crippen molar-refractivity contribution in [3.05, 3.63) is 11.9 Å². The van der Waals surface area contributed by atoms with Crippen molar-refractivity contribution in [3.8, 4) is 0 Å². The second-order valence-electron chi connectivity index (χ2n) is 4.57. The third-order valence-electron chi connectivity index (χ3n) is 2.77. The minimum Gasteiger partial charge on any atom is -0.366 e. The number of aromatic nitrogens is 2. The molecule has 15 heavy (non-hydrogen) atoms. The number of hydrogen-bond donors (Lipinski definition) is 2. The molecule has 1 saturated heterocycles. The molecule has 0 unspecified atom stereocenters. The van der Waals surface area contributed by atoms with Crippen LogP contribution in [-0.2, 0) is 6.42 Å². The minimum atomic E-state index is 0.673. The Bertz CT molecular complexity index is 299. The van der Waals surface area contributed by atoms with Gasteiger partial charge in [0.1, 0.15) is 0 Å². The summed E-state index contributed by atoms with van der Waals surface area (Å²) in [6.07, 6.45) is 3.04. The van der Waals surface area contributed by atoms with Gasteiger partial charge in [0.2, 0.25) is 0 Å². The first-order valence-corrected chi connectivity index (χ1v) is 5.75. The summed E-state index contributed by atoms with van der Waals surface area (Å²) in [4.78, 5) is 2.41. The molecule has 0 spiro atoms. The molecule has 0 amide bonds. The van der Waals surface area contributed by atoms with E-state index in [9.17, 15) is 0 Å². The predicted molar refractivity (Wildman–Crippen MR) is 62.2 cm³/mol. The summed E-state index contributed by atoms with van der Waals surface area (Å²) in [5.41, 5.74) is 2.58. The maximum atomic E-state index is 4.16. The Morgan fingerprint density at radius 2 is 2.13 bits per heavy atom. The van der Waals surface area contributed by atoms with Crippen LogP contribution in [0.3, 0.4) is 0 Å². The molecule has 1 fully saturated rings. The fourth-order valence-electron chi connectivity index (χ4n) is 2.04. The van der Waals surface area contributed by atoms with Crippen LogP contribution in [0.15, 0.2) is 6.20 Å². The van der Waals surface area contributed by atoms with Gasteiger partial charge >= 0.3 is 0 Å². The van der Waals surface area contributed by atoms with Gasteiger partial charge in [-0.15, -0.1) is 0 Å². The van der Waals surface area contributed by atoms with E-state index in [1.54, 1.807) is 0 Å². The highest BCUT2D eigenvalue weighted by Gasteiger charge is 2.16. The van der Waals surface area contributed by atoms with Crippen LogP contribution in [0.2, 0.25) is 0 Å². The van der Waals surface area contributed by atoms with Gasteiger partial charge in [0.15, 0.2) is 0 Å². The van der Waals surface area contributed by atoms with Crippen molar-refractivity contribution in [1.82, 2.24) is 15.5 Å². The Morgan fingerprint density at radius 3 is 2.80 bits per heavy atom. The van der Waals surface area contributed by atoms with Gasteiger partial charge in [-0.25, -0.2) is 0 Å². The van der Waals surface area contributed by atoms with Crippen LogP contribution in [0.25, 0.3) is 0 Å². The van der Waals surface area contributed by atoms with Crippen molar-refractivity contribution in [3.63, 3.8) is 0 Å². The standard InChI is InChI=1S/C11H20N4/c1-9(2)7-10-11(8-13-14-10)15-5-3-12-4-6-15/h8-9,12H,3-7H2,1-2H3,(H,13,14). The highest BCUT2D eigenvalue weighted by Crippen LogP contribution is 2.20. The van der Waals surface area contributed by atoms with E-state index in [-0.39, 0.29) is 0 Å². The maximum Gasteiger partial charge on any atom is 0.0783 e. The summed E-state index contributed by atoms with van der Waals surface area (Å²) in [6, 6.07) is 0. The largest absolute Gasteiger partial charge is 0.366 e. The van der Waals surface area contributed by atoms with Gasteiger partial charge in [-0.1, -0.05) is 13.8 Å². The molecule has 4 nitrogen and oxygen atoms in total. The lowest BCUT2D eigenvalue weighted by atomic mass is 10.1. The zero-order chi connectivity index (χ0) is 10.7. The number of H-pyrrole nitrogens is 1. The smallest absolute Gasteiger partial charge is 0.0783 e. The SMILES string of the molecule is CC(C)Cc1[nH]ncc1N1CCNCC1. The number of hydrogen-bond acceptors (Lipinski definition) is 3. The molecule has 0 radical (unpaired) electrons. The van der Waals surface area contributed by atoms with Crippen molar-refractivity contribution in [2.24, 2.45) is 5.92 Å². The van der Waals surface area contributed by atoms with Crippen LogP contribution in [0, 0.1) is 5.92 Å². The fourth-order valence-corrected chi connectivity index (χ4v) is 2.04. The van der Waals surface area contributed by atoms with E-state index < -0.39 is 0 Å². The first kappa shape index (κ1) is 10.5. The number of nitrogens with one attached hydrogen (secondary N) is 2. The van der Waals surface area contributed by atoms with Gasteiger partial charge in [0, 0.05) is 26.2 Å². The second-order valence-corrected chi connectivity index (χ2v) is 4.57. The van der Waals surface area contributed by atoms with Crippen molar-refractivity contribution < 1.29 is 0 Å². The summed E-state index contributed by atoms with van der Waals surface area (Å²) in [5.74, 6) is 0.673. The summed E-state index contributed by atoms with van der Waals surface area (Å²) in [7, 11) is 0. The monoisotopic (exact) mass is 208 g/mol. The molecule has 1 aromatic rings. The quantitative estimate of drug-likeness (QED) is 0.779. The topological polar surface area (TPSA) is 44.0 Å². The molecule has 0 aromatic carbocycles. The van der Waals surface area contributed by atoms with Crippen molar-refractivity contribution in [2.45, 2.75) is 20.3 Å².